The second-order valence-corrected chi connectivity index (χ2v) is 6.74. The van der Waals surface area contributed by atoms with Gasteiger partial charge in [-0.15, -0.1) is 0 Å². The van der Waals surface area contributed by atoms with Crippen molar-refractivity contribution in [3.8, 4) is 0 Å². The second kappa shape index (κ2) is 7.96. The first kappa shape index (κ1) is 16.5. The van der Waals surface area contributed by atoms with Crippen molar-refractivity contribution in [2.24, 2.45) is 5.92 Å². The molecule has 0 amide bonds. The van der Waals surface area contributed by atoms with E-state index in [1.807, 2.05) is 0 Å². The minimum atomic E-state index is -1.57. The summed E-state index contributed by atoms with van der Waals surface area (Å²) in [5.41, 5.74) is 0. The fourth-order valence-corrected chi connectivity index (χ4v) is 3.89. The number of hydrogen-bond acceptors (Lipinski definition) is 3. The average Bonchev–Trinajstić information content (AvgIpc) is 3.00. The summed E-state index contributed by atoms with van der Waals surface area (Å²) >= 11 is 0. The molecule has 1 aliphatic heterocycles. The molecule has 118 valence electrons. The van der Waals surface area contributed by atoms with Crippen LogP contribution in [0.15, 0.2) is 23.1 Å². The van der Waals surface area contributed by atoms with Crippen LogP contribution in [0, 0.1) is 17.6 Å². The van der Waals surface area contributed by atoms with Gasteiger partial charge in [0.25, 0.3) is 0 Å². The molecule has 1 aromatic rings. The first-order valence-corrected chi connectivity index (χ1v) is 8.58. The lowest BCUT2D eigenvalue weighted by Crippen LogP contribution is -2.41. The SMILES string of the molecule is CCCNC(CS(=O)c1cc(F)ccc1F)C1CCOC1. The highest BCUT2D eigenvalue weighted by Gasteiger charge is 2.27. The molecule has 1 aliphatic rings. The molecule has 1 N–H and O–H groups in total. The first-order valence-electron chi connectivity index (χ1n) is 7.26. The third-order valence-corrected chi connectivity index (χ3v) is 5.13. The van der Waals surface area contributed by atoms with E-state index in [9.17, 15) is 13.0 Å². The minimum Gasteiger partial charge on any atom is -0.381 e. The zero-order valence-electron chi connectivity index (χ0n) is 12.1. The molecule has 0 aromatic heterocycles. The van der Waals surface area contributed by atoms with Crippen molar-refractivity contribution in [1.29, 1.82) is 0 Å². The van der Waals surface area contributed by atoms with Gasteiger partial charge in [0.2, 0.25) is 0 Å². The molecule has 1 heterocycles. The Morgan fingerprint density at radius 2 is 2.29 bits per heavy atom. The Balaban J connectivity index is 2.07. The molecule has 0 radical (unpaired) electrons. The molecule has 3 atom stereocenters. The first-order chi connectivity index (χ1) is 10.1. The normalized spacial score (nSPS) is 21.4. The van der Waals surface area contributed by atoms with Gasteiger partial charge in [0.15, 0.2) is 0 Å². The zero-order chi connectivity index (χ0) is 15.2. The van der Waals surface area contributed by atoms with Crippen LogP contribution in [0.1, 0.15) is 19.8 Å². The number of ether oxygens (including phenoxy) is 1. The topological polar surface area (TPSA) is 38.3 Å². The predicted molar refractivity (Wildman–Crippen MR) is 78.6 cm³/mol. The molecule has 0 spiro atoms. The number of benzene rings is 1. The van der Waals surface area contributed by atoms with Crippen LogP contribution in [0.25, 0.3) is 0 Å². The Kier molecular flexibility index (Phi) is 6.26. The monoisotopic (exact) mass is 317 g/mol. The van der Waals surface area contributed by atoms with Crippen molar-refractivity contribution in [2.45, 2.75) is 30.7 Å². The van der Waals surface area contributed by atoms with Gasteiger partial charge in [-0.25, -0.2) is 8.78 Å². The Hall–Kier alpha value is -0.850. The van der Waals surface area contributed by atoms with Crippen molar-refractivity contribution < 1.29 is 17.7 Å². The van der Waals surface area contributed by atoms with Gasteiger partial charge in [0.1, 0.15) is 11.6 Å². The van der Waals surface area contributed by atoms with Gasteiger partial charge in [0, 0.05) is 24.3 Å². The Morgan fingerprint density at radius 1 is 1.48 bits per heavy atom. The summed E-state index contributed by atoms with van der Waals surface area (Å²) in [7, 11) is -1.57. The van der Waals surface area contributed by atoms with Crippen LogP contribution >= 0.6 is 0 Å². The van der Waals surface area contributed by atoms with E-state index in [2.05, 4.69) is 12.2 Å². The number of rotatable bonds is 7. The minimum absolute atomic E-state index is 0.00375. The zero-order valence-corrected chi connectivity index (χ0v) is 12.9. The summed E-state index contributed by atoms with van der Waals surface area (Å²) in [4.78, 5) is -0.0581. The maximum Gasteiger partial charge on any atom is 0.139 e. The van der Waals surface area contributed by atoms with E-state index >= 15 is 0 Å². The fraction of sp³-hybridized carbons (Fsp3) is 0.600. The van der Waals surface area contributed by atoms with Crippen LogP contribution in [-0.2, 0) is 15.5 Å². The summed E-state index contributed by atoms with van der Waals surface area (Å²) in [6.07, 6.45) is 1.87. The molecular weight excluding hydrogens is 296 g/mol. The Labute approximate surface area is 126 Å². The Bertz CT molecular complexity index is 493. The largest absolute Gasteiger partial charge is 0.381 e. The van der Waals surface area contributed by atoms with Crippen LogP contribution < -0.4 is 5.32 Å². The highest BCUT2D eigenvalue weighted by atomic mass is 32.2. The quantitative estimate of drug-likeness (QED) is 0.839. The van der Waals surface area contributed by atoms with Crippen LogP contribution in [0.5, 0.6) is 0 Å². The summed E-state index contributed by atoms with van der Waals surface area (Å²) in [5, 5.41) is 3.36. The van der Waals surface area contributed by atoms with Gasteiger partial charge in [0.05, 0.1) is 22.3 Å². The summed E-state index contributed by atoms with van der Waals surface area (Å²) < 4.78 is 44.7. The molecule has 3 unspecified atom stereocenters. The lowest BCUT2D eigenvalue weighted by molar-refractivity contribution is 0.179. The van der Waals surface area contributed by atoms with Crippen LogP contribution in [0.4, 0.5) is 8.78 Å². The van der Waals surface area contributed by atoms with Gasteiger partial charge in [-0.3, -0.25) is 4.21 Å². The summed E-state index contributed by atoms with van der Waals surface area (Å²) in [6.45, 7) is 4.20. The maximum absolute atomic E-state index is 13.7. The maximum atomic E-state index is 13.7. The molecule has 0 aliphatic carbocycles. The van der Waals surface area contributed by atoms with Crippen molar-refractivity contribution in [2.75, 3.05) is 25.5 Å². The average molecular weight is 317 g/mol. The summed E-state index contributed by atoms with van der Waals surface area (Å²) in [5.74, 6) is -0.639. The van der Waals surface area contributed by atoms with E-state index in [0.29, 0.717) is 13.2 Å². The Morgan fingerprint density at radius 3 is 2.95 bits per heavy atom. The van der Waals surface area contributed by atoms with Gasteiger partial charge in [-0.1, -0.05) is 6.92 Å². The fourth-order valence-electron chi connectivity index (χ4n) is 2.47. The van der Waals surface area contributed by atoms with E-state index < -0.39 is 22.4 Å². The third-order valence-electron chi connectivity index (χ3n) is 3.66. The molecule has 0 bridgehead atoms. The van der Waals surface area contributed by atoms with Crippen molar-refractivity contribution >= 4 is 10.8 Å². The molecule has 1 aromatic carbocycles. The lowest BCUT2D eigenvalue weighted by Gasteiger charge is -2.23. The highest BCUT2D eigenvalue weighted by molar-refractivity contribution is 7.85. The van der Waals surface area contributed by atoms with E-state index in [1.54, 1.807) is 0 Å². The molecule has 1 saturated heterocycles. The number of nitrogens with one attached hydrogen (secondary N) is 1. The van der Waals surface area contributed by atoms with E-state index in [1.165, 1.54) is 0 Å². The van der Waals surface area contributed by atoms with Gasteiger partial charge >= 0.3 is 0 Å². The third kappa shape index (κ3) is 4.56. The predicted octanol–water partition coefficient (Wildman–Crippen LogP) is 2.48. The van der Waals surface area contributed by atoms with Crippen molar-refractivity contribution in [1.82, 2.24) is 5.32 Å². The number of halogens is 2. The second-order valence-electron chi connectivity index (χ2n) is 5.27. The molecule has 21 heavy (non-hydrogen) atoms. The van der Waals surface area contributed by atoms with E-state index in [0.717, 1.165) is 37.6 Å². The molecule has 2 rings (SSSR count). The van der Waals surface area contributed by atoms with E-state index in [4.69, 9.17) is 4.74 Å². The number of hydrogen-bond donors (Lipinski definition) is 1. The molecule has 0 saturated carbocycles. The van der Waals surface area contributed by atoms with Crippen molar-refractivity contribution in [3.05, 3.63) is 29.8 Å². The highest BCUT2D eigenvalue weighted by Crippen LogP contribution is 2.21. The standard InChI is InChI=1S/C15H21F2NO2S/c1-2-6-18-14(11-5-7-20-9-11)10-21(19)15-8-12(16)3-4-13(15)17/h3-4,8,11,14,18H,2,5-7,9-10H2,1H3. The molecule has 1 fully saturated rings. The van der Waals surface area contributed by atoms with Gasteiger partial charge in [-0.05, 0) is 37.6 Å². The lowest BCUT2D eigenvalue weighted by atomic mass is 10.0. The molecule has 6 heteroatoms. The molecular formula is C15H21F2NO2S. The summed E-state index contributed by atoms with van der Waals surface area (Å²) in [6, 6.07) is 3.08. The van der Waals surface area contributed by atoms with Crippen LogP contribution in [0.3, 0.4) is 0 Å². The van der Waals surface area contributed by atoms with Gasteiger partial charge in [-0.2, -0.15) is 0 Å². The van der Waals surface area contributed by atoms with Gasteiger partial charge < -0.3 is 10.1 Å². The van der Waals surface area contributed by atoms with Crippen LogP contribution in [-0.4, -0.2) is 35.8 Å². The smallest absolute Gasteiger partial charge is 0.139 e. The van der Waals surface area contributed by atoms with Crippen LogP contribution in [0.2, 0.25) is 0 Å². The van der Waals surface area contributed by atoms with Crippen molar-refractivity contribution in [3.63, 3.8) is 0 Å². The molecule has 3 nitrogen and oxygen atoms in total. The van der Waals surface area contributed by atoms with E-state index in [-0.39, 0.29) is 22.6 Å².